The van der Waals surface area contributed by atoms with Crippen molar-refractivity contribution in [2.75, 3.05) is 6.61 Å². The molecule has 0 aliphatic heterocycles. The van der Waals surface area contributed by atoms with Crippen molar-refractivity contribution in [3.05, 3.63) is 106 Å². The third-order valence-electron chi connectivity index (χ3n) is 7.07. The normalized spacial score (nSPS) is 12.9. The van der Waals surface area contributed by atoms with Gasteiger partial charge in [-0.1, -0.05) is 37.6 Å². The van der Waals surface area contributed by atoms with Crippen molar-refractivity contribution in [1.82, 2.24) is 0 Å². The molecule has 0 aliphatic carbocycles. The maximum Gasteiger partial charge on any atom is 0.513 e. The fraction of sp³-hybridized carbons (Fsp3) is 0.286. The number of aromatic hydroxyl groups is 1. The Bertz CT molecular complexity index is 1820. The molecule has 0 saturated carbocycles. The number of unbranched alkanes of at least 4 members (excludes halogenated alkanes) is 2. The van der Waals surface area contributed by atoms with Gasteiger partial charge in [-0.3, -0.25) is 9.59 Å². The van der Waals surface area contributed by atoms with E-state index in [9.17, 15) is 29.0 Å². The summed E-state index contributed by atoms with van der Waals surface area (Å²) in [4.78, 5) is 35.6. The molecule has 3 N–H and O–H groups in total. The van der Waals surface area contributed by atoms with Gasteiger partial charge in [0.05, 0.1) is 41.2 Å². The highest BCUT2D eigenvalue weighted by Gasteiger charge is 2.23. The van der Waals surface area contributed by atoms with Crippen LogP contribution in [0.15, 0.2) is 91.6 Å². The Kier molecular flexibility index (Phi) is 12.4. The highest BCUT2D eigenvalue weighted by Crippen LogP contribution is 2.36. The number of aliphatic hydroxyl groups is 1. The second-order valence-corrected chi connectivity index (χ2v) is 11.8. The molecule has 4 rings (SSSR count). The van der Waals surface area contributed by atoms with Crippen molar-refractivity contribution in [1.29, 1.82) is 0 Å². The van der Waals surface area contributed by atoms with Gasteiger partial charge >= 0.3 is 6.16 Å². The van der Waals surface area contributed by atoms with E-state index in [4.69, 9.17) is 18.7 Å². The van der Waals surface area contributed by atoms with Crippen molar-refractivity contribution >= 4 is 34.7 Å². The number of phenolic OH excluding ortho intramolecular Hbond substituents is 1. The lowest BCUT2D eigenvalue weighted by Crippen LogP contribution is -2.12. The second-order valence-electron chi connectivity index (χ2n) is 10.6. The molecular formula is C35H35FO10S. The van der Waals surface area contributed by atoms with Crippen LogP contribution in [-0.4, -0.2) is 39.1 Å². The highest BCUT2D eigenvalue weighted by molar-refractivity contribution is 8.00. The molecule has 2 aromatic carbocycles. The summed E-state index contributed by atoms with van der Waals surface area (Å²) in [7, 11) is 0. The van der Waals surface area contributed by atoms with Crippen LogP contribution >= 0.6 is 11.8 Å². The van der Waals surface area contributed by atoms with Gasteiger partial charge in [-0.25, -0.2) is 4.79 Å². The fourth-order valence-corrected chi connectivity index (χ4v) is 5.87. The predicted molar refractivity (Wildman–Crippen MR) is 174 cm³/mol. The van der Waals surface area contributed by atoms with Crippen molar-refractivity contribution < 1.29 is 47.6 Å². The van der Waals surface area contributed by atoms with Crippen LogP contribution in [0.25, 0.3) is 11.0 Å². The van der Waals surface area contributed by atoms with Crippen LogP contribution in [-0.2, 0) is 6.42 Å². The van der Waals surface area contributed by atoms with Crippen LogP contribution in [0.2, 0.25) is 0 Å². The number of benzene rings is 2. The number of hydrogen-bond acceptors (Lipinski definition) is 10. The lowest BCUT2D eigenvalue weighted by molar-refractivity contribution is 0.101. The Morgan fingerprint density at radius 2 is 1.91 bits per heavy atom. The van der Waals surface area contributed by atoms with E-state index >= 15 is 0 Å². The number of halogens is 1. The molecule has 0 spiro atoms. The van der Waals surface area contributed by atoms with Crippen molar-refractivity contribution in [2.24, 2.45) is 0 Å². The van der Waals surface area contributed by atoms with Gasteiger partial charge in [-0.15, -0.1) is 11.8 Å². The quantitative estimate of drug-likeness (QED) is 0.0350. The van der Waals surface area contributed by atoms with Gasteiger partial charge in [0.25, 0.3) is 12.0 Å². The zero-order valence-corrected chi connectivity index (χ0v) is 26.6. The van der Waals surface area contributed by atoms with E-state index < -0.39 is 34.9 Å². The largest absolute Gasteiger partial charge is 0.513 e. The first-order valence-corrected chi connectivity index (χ1v) is 15.8. The molecule has 0 unspecified atom stereocenters. The van der Waals surface area contributed by atoms with E-state index in [0.717, 1.165) is 44.1 Å². The average Bonchev–Trinajstić information content (AvgIpc) is 3.46. The molecule has 0 amide bonds. The molecular weight excluding hydrogens is 631 g/mol. The smallest absolute Gasteiger partial charge is 0.507 e. The van der Waals surface area contributed by atoms with Gasteiger partial charge in [0.2, 0.25) is 0 Å². The number of hydrogen-bond donors (Lipinski definition) is 3. The number of aliphatic hydroxyl groups excluding tert-OH is 1. The topological polar surface area (TPSA) is 157 Å². The molecule has 2 aromatic heterocycles. The minimum absolute atomic E-state index is 0.0160. The summed E-state index contributed by atoms with van der Waals surface area (Å²) in [5.41, 5.74) is 0.787. The first-order chi connectivity index (χ1) is 22.6. The van der Waals surface area contributed by atoms with E-state index in [-0.39, 0.29) is 33.6 Å². The number of ketones is 1. The number of phenols is 1. The Labute approximate surface area is 274 Å². The van der Waals surface area contributed by atoms with Crippen molar-refractivity contribution in [2.45, 2.75) is 62.2 Å². The van der Waals surface area contributed by atoms with E-state index in [0.29, 0.717) is 29.2 Å². The maximum absolute atomic E-state index is 13.6. The number of carbonyl (C=O) groups excluding carboxylic acids is 1. The van der Waals surface area contributed by atoms with E-state index in [1.54, 1.807) is 30.4 Å². The third-order valence-corrected chi connectivity index (χ3v) is 8.28. The van der Waals surface area contributed by atoms with E-state index in [1.807, 2.05) is 19.1 Å². The second kappa shape index (κ2) is 16.7. The monoisotopic (exact) mass is 666 g/mol. The van der Waals surface area contributed by atoms with Gasteiger partial charge < -0.3 is 33.6 Å². The molecule has 12 heteroatoms. The van der Waals surface area contributed by atoms with Crippen molar-refractivity contribution in [3.63, 3.8) is 0 Å². The molecule has 0 bridgehead atoms. The van der Waals surface area contributed by atoms with Gasteiger partial charge in [-0.05, 0) is 62.9 Å². The summed E-state index contributed by atoms with van der Waals surface area (Å²) in [6.45, 7) is 3.85. The Balaban J connectivity index is 1.37. The van der Waals surface area contributed by atoms with Crippen LogP contribution in [0.1, 0.15) is 67.1 Å². The minimum Gasteiger partial charge on any atom is -0.507 e. The Morgan fingerprint density at radius 3 is 2.62 bits per heavy atom. The third kappa shape index (κ3) is 9.60. The van der Waals surface area contributed by atoms with Gasteiger partial charge in [0.15, 0.2) is 11.2 Å². The Morgan fingerprint density at radius 1 is 1.11 bits per heavy atom. The molecule has 2 heterocycles. The molecule has 4 aromatic rings. The molecule has 0 fully saturated rings. The van der Waals surface area contributed by atoms with Crippen LogP contribution in [0.3, 0.4) is 0 Å². The van der Waals surface area contributed by atoms with Crippen LogP contribution in [0.4, 0.5) is 9.18 Å². The van der Waals surface area contributed by atoms with Crippen LogP contribution in [0, 0.1) is 6.01 Å². The maximum atomic E-state index is 13.6. The zero-order valence-electron chi connectivity index (χ0n) is 25.8. The van der Waals surface area contributed by atoms with Gasteiger partial charge in [0, 0.05) is 22.1 Å². The predicted octanol–water partition coefficient (Wildman–Crippen LogP) is 8.00. The summed E-state index contributed by atoms with van der Waals surface area (Å²) in [6.07, 6.45) is 9.41. The number of rotatable bonds is 16. The molecule has 0 aliphatic rings. The molecule has 10 nitrogen and oxygen atoms in total. The first kappa shape index (κ1) is 35.1. The molecule has 0 saturated heterocycles. The van der Waals surface area contributed by atoms with Crippen LogP contribution < -0.4 is 14.9 Å². The summed E-state index contributed by atoms with van der Waals surface area (Å²) in [5.74, 6) is -0.106. The molecule has 0 radical (unpaired) electrons. The number of carboxylic acid groups (broad SMARTS) is 1. The lowest BCUT2D eigenvalue weighted by atomic mass is 10.0. The van der Waals surface area contributed by atoms with Gasteiger partial charge in [-0.2, -0.15) is 4.39 Å². The fourth-order valence-electron chi connectivity index (χ4n) is 4.78. The number of thioether (sulfide) groups is 1. The van der Waals surface area contributed by atoms with Crippen LogP contribution in [0.5, 0.6) is 17.4 Å². The SMILES string of the molecule is CCCc1c(OCCCC/C=C\C=C\[C@H](Sc2ccc3c(=O)cc(OC(=O)O)oc3c2)[C@H](O)c2coc(F)c2)ccc(C(C)=O)c1O. The minimum atomic E-state index is -1.63. The number of carbonyl (C=O) groups is 2. The summed E-state index contributed by atoms with van der Waals surface area (Å²) < 4.78 is 34.1. The number of Topliss-reactive ketones (excluding diaryl/α,β-unsaturated/α-hetero) is 1. The zero-order chi connectivity index (χ0) is 33.9. The molecule has 2 atom stereocenters. The van der Waals surface area contributed by atoms with E-state index in [2.05, 4.69) is 4.74 Å². The van der Waals surface area contributed by atoms with E-state index in [1.165, 1.54) is 30.8 Å². The number of furan rings is 1. The number of ether oxygens (including phenoxy) is 2. The Hall–Kier alpha value is -4.81. The average molecular weight is 667 g/mol. The standard InChI is InChI=1S/C35H35FO10S/c1-3-10-26-28(15-14-24(21(2)37)34(26)40)43-16-9-7-5-4-6-8-11-30(33(39)22-17-31(36)44-20-22)47-23-12-13-25-27(38)19-32(46-35(41)42)45-29(25)18-23/h4,6,8,11-15,17-20,30,33,39-40H,3,5,7,9-10,16H2,1-2H3,(H,41,42)/b6-4-,11-8+/t30-,33+/m0/s1. The van der Waals surface area contributed by atoms with Crippen molar-refractivity contribution in [3.8, 4) is 17.4 Å². The van der Waals surface area contributed by atoms with Gasteiger partial charge in [0.1, 0.15) is 17.1 Å². The number of allylic oxidation sites excluding steroid dienone is 3. The molecule has 248 valence electrons. The summed E-state index contributed by atoms with van der Waals surface area (Å²) in [6, 6.07) is 9.23. The first-order valence-electron chi connectivity index (χ1n) is 15.0. The molecule has 47 heavy (non-hydrogen) atoms. The number of fused-ring (bicyclic) bond motifs is 1. The summed E-state index contributed by atoms with van der Waals surface area (Å²) in [5, 5.41) is 30.0. The highest BCUT2D eigenvalue weighted by atomic mass is 32.2. The lowest BCUT2D eigenvalue weighted by Gasteiger charge is -2.18. The summed E-state index contributed by atoms with van der Waals surface area (Å²) >= 11 is 1.22.